The number of rotatable bonds is 2. The quantitative estimate of drug-likeness (QED) is 0.393. The summed E-state index contributed by atoms with van der Waals surface area (Å²) < 4.78 is 0. The van der Waals surface area contributed by atoms with Gasteiger partial charge in [0.05, 0.1) is 0 Å². The van der Waals surface area contributed by atoms with Crippen molar-refractivity contribution >= 4 is 42.2 Å². The van der Waals surface area contributed by atoms with Crippen molar-refractivity contribution < 1.29 is 0 Å². The van der Waals surface area contributed by atoms with E-state index in [2.05, 4.69) is 42.8 Å². The van der Waals surface area contributed by atoms with Gasteiger partial charge in [-0.25, -0.2) is 0 Å². The lowest BCUT2D eigenvalue weighted by molar-refractivity contribution is 0.763. The van der Waals surface area contributed by atoms with Gasteiger partial charge in [0.2, 0.25) is 0 Å². The molecule has 0 N–H and O–H groups in total. The van der Waals surface area contributed by atoms with E-state index >= 15 is 0 Å². The monoisotopic (exact) mass is 240 g/mol. The van der Waals surface area contributed by atoms with Gasteiger partial charge < -0.3 is 0 Å². The minimum Gasteiger partial charge on any atom is -0.103 e. The van der Waals surface area contributed by atoms with Crippen LogP contribution in [0.5, 0.6) is 0 Å². The average Bonchev–Trinajstić information content (AvgIpc) is 1.59. The van der Waals surface area contributed by atoms with Gasteiger partial charge in [0.15, 0.2) is 0 Å². The van der Waals surface area contributed by atoms with Crippen LogP contribution >= 0.6 is 28.1 Å². The molecule has 0 heterocycles. The van der Waals surface area contributed by atoms with Crippen LogP contribution in [0.4, 0.5) is 0 Å². The molecule has 0 aliphatic heterocycles. The first-order valence-corrected chi connectivity index (χ1v) is 7.22. The zero-order chi connectivity index (χ0) is 6.62. The standard InChI is InChI=1S/C4H12B2IP/c1-4(2,3)5-6-8-7/h5-6,8H,1-3H3. The first-order valence-electron chi connectivity index (χ1n) is 2.90. The van der Waals surface area contributed by atoms with Crippen LogP contribution in [0.3, 0.4) is 0 Å². The highest BCUT2D eigenvalue weighted by Gasteiger charge is 2.10. The van der Waals surface area contributed by atoms with Gasteiger partial charge in [0.1, 0.15) is 14.1 Å². The molecule has 46 valence electrons. The molecule has 1 atom stereocenters. The maximum atomic E-state index is 2.46. The fourth-order valence-electron chi connectivity index (χ4n) is 0.422. The Balaban J connectivity index is 3.11. The third-order valence-electron chi connectivity index (χ3n) is 0.969. The molecular weight excluding hydrogens is 228 g/mol. The number of hydrogen-bond acceptors (Lipinski definition) is 0. The molecule has 0 saturated carbocycles. The van der Waals surface area contributed by atoms with Gasteiger partial charge in [-0.05, 0) is 0 Å². The second-order valence-corrected chi connectivity index (χ2v) is 6.25. The summed E-state index contributed by atoms with van der Waals surface area (Å²) in [6, 6.07) is 0. The van der Waals surface area contributed by atoms with Crippen LogP contribution in [-0.2, 0) is 0 Å². The van der Waals surface area contributed by atoms with Crippen LogP contribution in [0.2, 0.25) is 5.31 Å². The summed E-state index contributed by atoms with van der Waals surface area (Å²) >= 11 is 2.46. The smallest absolute Gasteiger partial charge is 0.103 e. The van der Waals surface area contributed by atoms with Crippen molar-refractivity contribution in [2.45, 2.75) is 26.1 Å². The van der Waals surface area contributed by atoms with Crippen LogP contribution in [-0.4, -0.2) is 14.1 Å². The van der Waals surface area contributed by atoms with Crippen LogP contribution in [0.1, 0.15) is 20.8 Å². The van der Waals surface area contributed by atoms with Crippen molar-refractivity contribution in [3.8, 4) is 0 Å². The average molecular weight is 240 g/mol. The van der Waals surface area contributed by atoms with Gasteiger partial charge in [-0.1, -0.05) is 48.1 Å². The molecule has 1 unspecified atom stereocenters. The van der Waals surface area contributed by atoms with E-state index in [4.69, 9.17) is 0 Å². The van der Waals surface area contributed by atoms with E-state index in [1.165, 1.54) is 14.1 Å². The lowest BCUT2D eigenvalue weighted by Gasteiger charge is -2.14. The molecule has 0 aromatic rings. The number of halogens is 1. The first kappa shape index (κ1) is 9.29. The normalized spacial score (nSPS) is 12.5. The Hall–Kier alpha value is 1.29. The highest BCUT2D eigenvalue weighted by Crippen LogP contribution is 2.25. The Labute approximate surface area is 68.3 Å². The van der Waals surface area contributed by atoms with Crippen LogP contribution in [0.15, 0.2) is 0 Å². The van der Waals surface area contributed by atoms with Gasteiger partial charge in [-0.3, -0.25) is 0 Å². The van der Waals surface area contributed by atoms with Crippen molar-refractivity contribution in [3.63, 3.8) is 0 Å². The SMILES string of the molecule is CC(C)(C)BBPI. The Morgan fingerprint density at radius 3 is 2.00 bits per heavy atom. The highest BCUT2D eigenvalue weighted by molar-refractivity contribution is 14.2. The molecule has 0 amide bonds. The zero-order valence-corrected chi connectivity index (χ0v) is 8.95. The molecule has 0 fully saturated rings. The topological polar surface area (TPSA) is 0 Å². The van der Waals surface area contributed by atoms with E-state index < -0.39 is 0 Å². The van der Waals surface area contributed by atoms with Gasteiger partial charge in [-0.2, -0.15) is 0 Å². The summed E-state index contributed by atoms with van der Waals surface area (Å²) in [5.74, 6) is 0. The Morgan fingerprint density at radius 1 is 1.38 bits per heavy atom. The molecule has 8 heavy (non-hydrogen) atoms. The Morgan fingerprint density at radius 2 is 1.88 bits per heavy atom. The molecule has 0 nitrogen and oxygen atoms in total. The van der Waals surface area contributed by atoms with Crippen molar-refractivity contribution in [3.05, 3.63) is 0 Å². The van der Waals surface area contributed by atoms with Crippen molar-refractivity contribution in [1.29, 1.82) is 0 Å². The first-order chi connectivity index (χ1) is 3.56. The summed E-state index contributed by atoms with van der Waals surface area (Å²) in [6.07, 6.45) is 1.10. The maximum absolute atomic E-state index is 2.46. The fourth-order valence-corrected chi connectivity index (χ4v) is 2.08. The molecule has 0 aromatic carbocycles. The minimum atomic E-state index is 0.554. The summed E-state index contributed by atoms with van der Waals surface area (Å²) in [5.41, 5.74) is 0. The minimum absolute atomic E-state index is 0.554. The molecule has 0 saturated heterocycles. The summed E-state index contributed by atoms with van der Waals surface area (Å²) in [5, 5.41) is 0.554. The number of hydrogen-bond donors (Lipinski definition) is 0. The third kappa shape index (κ3) is 7.29. The third-order valence-corrected chi connectivity index (χ3v) is 3.03. The van der Waals surface area contributed by atoms with E-state index in [-0.39, 0.29) is 0 Å². The fraction of sp³-hybridized carbons (Fsp3) is 1.00. The van der Waals surface area contributed by atoms with Crippen molar-refractivity contribution in [2.75, 3.05) is 0 Å². The molecule has 0 radical (unpaired) electrons. The van der Waals surface area contributed by atoms with Crippen LogP contribution in [0, 0.1) is 0 Å². The second-order valence-electron chi connectivity index (χ2n) is 3.19. The van der Waals surface area contributed by atoms with Crippen LogP contribution < -0.4 is 0 Å². The lowest BCUT2D eigenvalue weighted by Crippen LogP contribution is -2.11. The van der Waals surface area contributed by atoms with Gasteiger partial charge >= 0.3 is 0 Å². The Kier molecular flexibility index (Phi) is 4.83. The molecule has 0 aromatic heterocycles. The van der Waals surface area contributed by atoms with Crippen LogP contribution in [0.25, 0.3) is 0 Å². The Bertz CT molecular complexity index is 61.5. The lowest BCUT2D eigenvalue weighted by atomic mass is 9.40. The molecular formula is C4H12B2IP. The highest BCUT2D eigenvalue weighted by atomic mass is 127. The molecule has 4 heteroatoms. The van der Waals surface area contributed by atoms with E-state index in [0.29, 0.717) is 5.31 Å². The maximum Gasteiger partial charge on any atom is 0.127 e. The van der Waals surface area contributed by atoms with E-state index in [0.717, 1.165) is 6.10 Å². The molecule has 0 rings (SSSR count). The molecule has 0 bridgehead atoms. The zero-order valence-electron chi connectivity index (χ0n) is 5.79. The van der Waals surface area contributed by atoms with Gasteiger partial charge in [0, 0.05) is 0 Å². The summed E-state index contributed by atoms with van der Waals surface area (Å²) in [7, 11) is 1.37. The second kappa shape index (κ2) is 4.16. The predicted molar refractivity (Wildman–Crippen MR) is 56.3 cm³/mol. The van der Waals surface area contributed by atoms with E-state index in [1.807, 2.05) is 0 Å². The van der Waals surface area contributed by atoms with Gasteiger partial charge in [-0.15, -0.1) is 6.10 Å². The predicted octanol–water partition coefficient (Wildman–Crippen LogP) is 1.94. The largest absolute Gasteiger partial charge is 0.127 e. The molecule has 0 spiro atoms. The van der Waals surface area contributed by atoms with E-state index in [1.54, 1.807) is 0 Å². The summed E-state index contributed by atoms with van der Waals surface area (Å²) in [4.78, 5) is 0. The summed E-state index contributed by atoms with van der Waals surface area (Å²) in [6.45, 7) is 8.28. The van der Waals surface area contributed by atoms with E-state index in [9.17, 15) is 0 Å². The van der Waals surface area contributed by atoms with Crippen molar-refractivity contribution in [2.24, 2.45) is 0 Å². The van der Waals surface area contributed by atoms with Gasteiger partial charge in [0.25, 0.3) is 0 Å². The molecule has 0 aliphatic rings. The molecule has 0 aliphatic carbocycles. The van der Waals surface area contributed by atoms with Crippen molar-refractivity contribution in [1.82, 2.24) is 0 Å².